The number of aromatic amines is 1. The van der Waals surface area contributed by atoms with E-state index in [1.807, 2.05) is 13.8 Å². The summed E-state index contributed by atoms with van der Waals surface area (Å²) >= 11 is 0. The van der Waals surface area contributed by atoms with Crippen LogP contribution in [-0.4, -0.2) is 35.7 Å². The molecule has 2 heterocycles. The first-order valence-corrected chi connectivity index (χ1v) is 8.75. The summed E-state index contributed by atoms with van der Waals surface area (Å²) < 4.78 is 11.6. The van der Waals surface area contributed by atoms with Crippen LogP contribution in [0.4, 0.5) is 11.5 Å². The van der Waals surface area contributed by atoms with Gasteiger partial charge in [-0.25, -0.2) is 4.79 Å². The maximum atomic E-state index is 13.0. The number of nitrogens with zero attached hydrogens (tertiary/aromatic N) is 2. The van der Waals surface area contributed by atoms with Gasteiger partial charge >= 0.3 is 5.69 Å². The number of aromatic nitrogens is 2. The molecule has 27 heavy (non-hydrogen) atoms. The van der Waals surface area contributed by atoms with Crippen LogP contribution in [0.2, 0.25) is 0 Å². The number of carbonyl (C=O) groups excluding carboxylic acids is 1. The van der Waals surface area contributed by atoms with E-state index < -0.39 is 17.2 Å². The lowest BCUT2D eigenvalue weighted by atomic mass is 10.2. The van der Waals surface area contributed by atoms with Crippen LogP contribution < -0.4 is 21.9 Å². The first-order valence-electron chi connectivity index (χ1n) is 8.75. The van der Waals surface area contributed by atoms with Gasteiger partial charge in [0.15, 0.2) is 11.4 Å². The van der Waals surface area contributed by atoms with Crippen LogP contribution in [0.5, 0.6) is 0 Å². The zero-order valence-electron chi connectivity index (χ0n) is 16.1. The molecular formula is C18H26N4O5. The van der Waals surface area contributed by atoms with Crippen molar-refractivity contribution in [3.05, 3.63) is 44.5 Å². The average Bonchev–Trinajstić information content (AvgIpc) is 3.02. The van der Waals surface area contributed by atoms with Crippen LogP contribution >= 0.6 is 0 Å². The maximum absolute atomic E-state index is 13.0. The summed E-state index contributed by atoms with van der Waals surface area (Å²) in [6.45, 7) is 6.46. The molecule has 0 aliphatic rings. The van der Waals surface area contributed by atoms with Gasteiger partial charge in [-0.2, -0.15) is 0 Å². The molecule has 3 N–H and O–H groups in total. The maximum Gasteiger partial charge on any atom is 0.330 e. The molecule has 0 aliphatic carbocycles. The number of nitrogens with one attached hydrogen (secondary N) is 1. The van der Waals surface area contributed by atoms with Crippen LogP contribution in [0.1, 0.15) is 36.4 Å². The van der Waals surface area contributed by atoms with Crippen LogP contribution in [0.3, 0.4) is 0 Å². The Balaban J connectivity index is 2.58. The first-order chi connectivity index (χ1) is 12.8. The molecule has 0 aliphatic heterocycles. The molecule has 0 atom stereocenters. The van der Waals surface area contributed by atoms with Crippen molar-refractivity contribution >= 4 is 17.4 Å². The van der Waals surface area contributed by atoms with E-state index in [9.17, 15) is 14.4 Å². The van der Waals surface area contributed by atoms with Crippen molar-refractivity contribution in [1.82, 2.24) is 9.55 Å². The van der Waals surface area contributed by atoms with Gasteiger partial charge in [0.2, 0.25) is 0 Å². The van der Waals surface area contributed by atoms with E-state index in [1.165, 1.54) is 15.7 Å². The van der Waals surface area contributed by atoms with E-state index in [1.54, 1.807) is 20.1 Å². The second-order valence-corrected chi connectivity index (χ2v) is 6.73. The van der Waals surface area contributed by atoms with E-state index in [0.29, 0.717) is 25.1 Å². The van der Waals surface area contributed by atoms with Gasteiger partial charge in [-0.05, 0) is 25.3 Å². The monoisotopic (exact) mass is 378 g/mol. The minimum atomic E-state index is -0.715. The second-order valence-electron chi connectivity index (χ2n) is 6.73. The SMILES string of the molecule is COCCCN(C(=O)c1occc1C)c1c(N)n(CC(C)C)c(=O)[nH]c1=O. The Morgan fingerprint density at radius 2 is 2.11 bits per heavy atom. The van der Waals surface area contributed by atoms with Crippen molar-refractivity contribution in [2.75, 3.05) is 30.9 Å². The van der Waals surface area contributed by atoms with Gasteiger partial charge in [-0.15, -0.1) is 0 Å². The third kappa shape index (κ3) is 4.48. The molecular weight excluding hydrogens is 352 g/mol. The number of anilines is 2. The number of carbonyl (C=O) groups is 1. The summed E-state index contributed by atoms with van der Waals surface area (Å²) in [6.07, 6.45) is 1.88. The normalized spacial score (nSPS) is 11.1. The largest absolute Gasteiger partial charge is 0.459 e. The van der Waals surface area contributed by atoms with Crippen molar-refractivity contribution in [2.24, 2.45) is 5.92 Å². The minimum Gasteiger partial charge on any atom is -0.459 e. The van der Waals surface area contributed by atoms with Crippen molar-refractivity contribution in [2.45, 2.75) is 33.7 Å². The smallest absolute Gasteiger partial charge is 0.330 e. The van der Waals surface area contributed by atoms with Crippen molar-refractivity contribution in [3.8, 4) is 0 Å². The summed E-state index contributed by atoms with van der Waals surface area (Å²) in [5.41, 5.74) is 5.41. The molecule has 148 valence electrons. The number of rotatable bonds is 8. The number of furan rings is 1. The van der Waals surface area contributed by atoms with Gasteiger partial charge in [0.25, 0.3) is 11.5 Å². The highest BCUT2D eigenvalue weighted by molar-refractivity contribution is 6.06. The Kier molecular flexibility index (Phi) is 6.62. The standard InChI is InChI=1S/C18H26N4O5/c1-11(2)10-22-15(19)13(16(23)20-18(22)25)21(7-5-8-26-4)17(24)14-12(3)6-9-27-14/h6,9,11H,5,7-8,10,19H2,1-4H3,(H,20,23,25). The lowest BCUT2D eigenvalue weighted by Gasteiger charge is -2.24. The van der Waals surface area contributed by atoms with E-state index >= 15 is 0 Å². The number of aryl methyl sites for hydroxylation is 1. The van der Waals surface area contributed by atoms with Crippen LogP contribution in [-0.2, 0) is 11.3 Å². The lowest BCUT2D eigenvalue weighted by molar-refractivity contribution is 0.0955. The quantitative estimate of drug-likeness (QED) is 0.669. The number of amides is 1. The summed E-state index contributed by atoms with van der Waals surface area (Å²) in [4.78, 5) is 41.2. The number of hydrogen-bond acceptors (Lipinski definition) is 6. The zero-order chi connectivity index (χ0) is 20.1. The molecule has 0 unspecified atom stereocenters. The minimum absolute atomic E-state index is 0.0487. The molecule has 2 rings (SSSR count). The molecule has 0 spiro atoms. The highest BCUT2D eigenvalue weighted by atomic mass is 16.5. The zero-order valence-corrected chi connectivity index (χ0v) is 16.1. The summed E-state index contributed by atoms with van der Waals surface area (Å²) in [7, 11) is 1.55. The predicted octanol–water partition coefficient (Wildman–Crippen LogP) is 1.36. The number of hydrogen-bond donors (Lipinski definition) is 2. The Labute approximate surface area is 156 Å². The molecule has 2 aromatic rings. The predicted molar refractivity (Wildman–Crippen MR) is 102 cm³/mol. The van der Waals surface area contributed by atoms with Gasteiger partial charge < -0.3 is 14.9 Å². The molecule has 9 heteroatoms. The molecule has 0 aromatic carbocycles. The molecule has 0 saturated carbocycles. The van der Waals surface area contributed by atoms with E-state index in [0.717, 1.165) is 0 Å². The molecule has 0 fully saturated rings. The topological polar surface area (TPSA) is 124 Å². The van der Waals surface area contributed by atoms with Gasteiger partial charge in [-0.1, -0.05) is 13.8 Å². The molecule has 0 radical (unpaired) electrons. The van der Waals surface area contributed by atoms with Crippen molar-refractivity contribution < 1.29 is 13.9 Å². The average molecular weight is 378 g/mol. The van der Waals surface area contributed by atoms with Gasteiger partial charge in [0.05, 0.1) is 6.26 Å². The fourth-order valence-electron chi connectivity index (χ4n) is 2.78. The number of ether oxygens (including phenoxy) is 1. The molecule has 2 aromatic heterocycles. The summed E-state index contributed by atoms with van der Waals surface area (Å²) in [6, 6.07) is 1.66. The molecule has 0 saturated heterocycles. The molecule has 9 nitrogen and oxygen atoms in total. The third-order valence-electron chi connectivity index (χ3n) is 4.06. The Bertz CT molecular complexity index is 909. The first kappa shape index (κ1) is 20.5. The number of methoxy groups -OCH3 is 1. The fourth-order valence-corrected chi connectivity index (χ4v) is 2.78. The number of nitrogens with two attached hydrogens (primary N) is 1. The highest BCUT2D eigenvalue weighted by Crippen LogP contribution is 2.22. The van der Waals surface area contributed by atoms with Gasteiger partial charge in [0, 0.05) is 32.4 Å². The Morgan fingerprint density at radius 3 is 2.67 bits per heavy atom. The van der Waals surface area contributed by atoms with Crippen molar-refractivity contribution in [3.63, 3.8) is 0 Å². The van der Waals surface area contributed by atoms with Crippen molar-refractivity contribution in [1.29, 1.82) is 0 Å². The highest BCUT2D eigenvalue weighted by Gasteiger charge is 2.27. The lowest BCUT2D eigenvalue weighted by Crippen LogP contribution is -2.42. The molecule has 1 amide bonds. The third-order valence-corrected chi connectivity index (χ3v) is 4.06. The Hall–Kier alpha value is -2.81. The molecule has 0 bridgehead atoms. The summed E-state index contributed by atoms with van der Waals surface area (Å²) in [5.74, 6) is -0.311. The van der Waals surface area contributed by atoms with E-state index in [2.05, 4.69) is 4.98 Å². The van der Waals surface area contributed by atoms with Crippen LogP contribution in [0.25, 0.3) is 0 Å². The Morgan fingerprint density at radius 1 is 1.41 bits per heavy atom. The van der Waals surface area contributed by atoms with E-state index in [-0.39, 0.29) is 29.7 Å². The van der Waals surface area contributed by atoms with Gasteiger partial charge in [-0.3, -0.25) is 24.0 Å². The van der Waals surface area contributed by atoms with E-state index in [4.69, 9.17) is 14.9 Å². The number of nitrogen functional groups attached to an aromatic ring is 1. The summed E-state index contributed by atoms with van der Waals surface area (Å²) in [5, 5.41) is 0. The van der Waals surface area contributed by atoms with Crippen LogP contribution in [0.15, 0.2) is 26.3 Å². The van der Waals surface area contributed by atoms with Gasteiger partial charge in [0.1, 0.15) is 5.82 Å². The van der Waals surface area contributed by atoms with Crippen LogP contribution in [0, 0.1) is 12.8 Å². The fraction of sp³-hybridized carbons (Fsp3) is 0.500. The second kappa shape index (κ2) is 8.72. The number of H-pyrrole nitrogens is 1.